The van der Waals surface area contributed by atoms with E-state index in [0.717, 1.165) is 25.7 Å². The maximum atomic E-state index is 6.60. The molecule has 0 radical (unpaired) electrons. The molecule has 4 heteroatoms. The number of hydrogen-bond donors (Lipinski definition) is 0. The maximum Gasteiger partial charge on any atom is 2.00 e. The molecule has 0 bridgehead atoms. The molecule has 92 valence electrons. The molecule has 0 heterocycles. The number of rotatable bonds is 4. The zero-order valence-corrected chi connectivity index (χ0v) is 18.0. The minimum Gasteiger partial charge on any atom is -0.677 e. The van der Waals surface area contributed by atoms with Crippen molar-refractivity contribution >= 4 is 0 Å². The van der Waals surface area contributed by atoms with Crippen molar-refractivity contribution in [2.45, 2.75) is 53.4 Å². The molecule has 0 aromatic carbocycles. The van der Waals surface area contributed by atoms with E-state index >= 15 is 0 Å². The molecule has 0 saturated heterocycles. The van der Waals surface area contributed by atoms with Crippen LogP contribution in [0, 0.1) is 13.8 Å². The van der Waals surface area contributed by atoms with E-state index in [1.165, 1.54) is 0 Å². The summed E-state index contributed by atoms with van der Waals surface area (Å²) in [5, 5.41) is 0. The Bertz CT molecular complexity index is 38.0. The van der Waals surface area contributed by atoms with Crippen LogP contribution in [0.5, 0.6) is 0 Å². The van der Waals surface area contributed by atoms with Crippen molar-refractivity contribution in [3.8, 4) is 0 Å². The van der Waals surface area contributed by atoms with Crippen LogP contribution < -0.4 is 0 Å². The van der Waals surface area contributed by atoms with Gasteiger partial charge in [-0.15, -0.1) is 0 Å². The summed E-state index contributed by atoms with van der Waals surface area (Å²) >= 11 is 0. The third-order valence-electron chi connectivity index (χ3n) is 1.06. The summed E-state index contributed by atoms with van der Waals surface area (Å²) in [4.78, 5) is 0. The average molecular weight is 333 g/mol. The second-order valence-electron chi connectivity index (χ2n) is 2.21. The average Bonchev–Trinajstić information content (AvgIpc) is 2.27. The SMILES string of the molecule is CCCC[NH-].CCCC[NH-].[CH2-]C.[CH2-]C.[Zn+2].[Zn+2]. The van der Waals surface area contributed by atoms with Gasteiger partial charge >= 0.3 is 39.0 Å². The standard InChI is InChI=1S/2C4H10N.2C2H5.2Zn/c2*1-2-3-4-5;2*1-2;;/h2*5H,2-4H2,1H3;2*1H2,2H3;;/q4*-1;2*+2. The fourth-order valence-corrected chi connectivity index (χ4v) is 0.354. The van der Waals surface area contributed by atoms with Crippen molar-refractivity contribution in [2.24, 2.45) is 0 Å². The number of hydrogen-bond acceptors (Lipinski definition) is 0. The van der Waals surface area contributed by atoms with Crippen LogP contribution in [0.1, 0.15) is 53.4 Å². The van der Waals surface area contributed by atoms with Gasteiger partial charge in [0.15, 0.2) is 0 Å². The van der Waals surface area contributed by atoms with Crippen molar-refractivity contribution in [1.82, 2.24) is 0 Å². The molecule has 0 spiro atoms. The molecule has 0 aliphatic rings. The van der Waals surface area contributed by atoms with E-state index in [4.69, 9.17) is 11.5 Å². The van der Waals surface area contributed by atoms with Gasteiger partial charge in [-0.25, -0.2) is 0 Å². The van der Waals surface area contributed by atoms with Crippen molar-refractivity contribution in [3.63, 3.8) is 0 Å². The molecule has 2 N–H and O–H groups in total. The molecule has 2 nitrogen and oxygen atoms in total. The predicted molar refractivity (Wildman–Crippen MR) is 70.3 cm³/mol. The Balaban J connectivity index is -0.0000000218. The van der Waals surface area contributed by atoms with E-state index in [-0.39, 0.29) is 39.0 Å². The Morgan fingerprint density at radius 1 is 0.688 bits per heavy atom. The van der Waals surface area contributed by atoms with Crippen LogP contribution in [0.4, 0.5) is 0 Å². The quantitative estimate of drug-likeness (QED) is 0.492. The second kappa shape index (κ2) is 72.4. The molecule has 0 aromatic rings. The van der Waals surface area contributed by atoms with E-state index in [9.17, 15) is 0 Å². The molecule has 0 aliphatic carbocycles. The number of nitrogens with one attached hydrogen (secondary N) is 2. The third-order valence-corrected chi connectivity index (χ3v) is 1.06. The molecule has 0 aromatic heterocycles. The minimum absolute atomic E-state index is 0. The molecule has 0 saturated carbocycles. The molecule has 0 atom stereocenters. The smallest absolute Gasteiger partial charge is 0.677 e. The first-order valence-electron chi connectivity index (χ1n) is 5.54. The van der Waals surface area contributed by atoms with Crippen molar-refractivity contribution in [3.05, 3.63) is 25.3 Å². The molecule has 0 rings (SSSR count). The first-order valence-corrected chi connectivity index (χ1v) is 5.54. The Morgan fingerprint density at radius 2 is 0.875 bits per heavy atom. The van der Waals surface area contributed by atoms with Crippen LogP contribution in [0.15, 0.2) is 0 Å². The first kappa shape index (κ1) is 36.0. The Kier molecular flexibility index (Phi) is 163. The van der Waals surface area contributed by atoms with Gasteiger partial charge in [-0.3, -0.25) is 0 Å². The van der Waals surface area contributed by atoms with Crippen molar-refractivity contribution < 1.29 is 39.0 Å². The van der Waals surface area contributed by atoms with Gasteiger partial charge in [0.1, 0.15) is 0 Å². The summed E-state index contributed by atoms with van der Waals surface area (Å²) in [5.74, 6) is 0. The normalized spacial score (nSPS) is 6.00. The van der Waals surface area contributed by atoms with Gasteiger partial charge in [-0.05, 0) is 0 Å². The molecular weight excluding hydrogens is 303 g/mol. The van der Waals surface area contributed by atoms with Gasteiger partial charge in [0.05, 0.1) is 0 Å². The van der Waals surface area contributed by atoms with Gasteiger partial charge < -0.3 is 25.3 Å². The second-order valence-corrected chi connectivity index (χ2v) is 2.21. The van der Waals surface area contributed by atoms with Gasteiger partial charge in [0.25, 0.3) is 0 Å². The molecule has 0 aliphatic heterocycles. The zero-order valence-electron chi connectivity index (χ0n) is 12.1. The van der Waals surface area contributed by atoms with Crippen molar-refractivity contribution in [2.75, 3.05) is 13.1 Å². The summed E-state index contributed by atoms with van der Waals surface area (Å²) in [5.41, 5.74) is 13.2. The largest absolute Gasteiger partial charge is 2.00 e. The fourth-order valence-electron chi connectivity index (χ4n) is 0.354. The van der Waals surface area contributed by atoms with E-state index in [0.29, 0.717) is 13.1 Å². The third kappa shape index (κ3) is 114. The Labute approximate surface area is 130 Å². The monoisotopic (exact) mass is 330 g/mol. The first-order chi connectivity index (χ1) is 6.83. The topological polar surface area (TPSA) is 47.6 Å². The van der Waals surface area contributed by atoms with Gasteiger partial charge in [0.2, 0.25) is 0 Å². The molecule has 0 fully saturated rings. The van der Waals surface area contributed by atoms with Gasteiger partial charge in [-0.1, -0.05) is 39.5 Å². The van der Waals surface area contributed by atoms with Crippen LogP contribution in [0.25, 0.3) is 11.5 Å². The molecule has 0 unspecified atom stereocenters. The van der Waals surface area contributed by atoms with Gasteiger partial charge in [0, 0.05) is 0 Å². The predicted octanol–water partition coefficient (Wildman–Crippen LogP) is 5.35. The minimum atomic E-state index is 0. The van der Waals surface area contributed by atoms with Crippen molar-refractivity contribution in [1.29, 1.82) is 0 Å². The van der Waals surface area contributed by atoms with E-state index in [2.05, 4.69) is 27.7 Å². The maximum absolute atomic E-state index is 6.60. The summed E-state index contributed by atoms with van der Waals surface area (Å²) in [6, 6.07) is 0. The summed E-state index contributed by atoms with van der Waals surface area (Å²) in [7, 11) is 0. The van der Waals surface area contributed by atoms with Gasteiger partial charge in [-0.2, -0.15) is 26.9 Å². The van der Waals surface area contributed by atoms with Crippen LogP contribution in [-0.2, 0) is 39.0 Å². The Morgan fingerprint density at radius 3 is 0.875 bits per heavy atom. The Hall–Kier alpha value is 1.17. The van der Waals surface area contributed by atoms with Crippen LogP contribution in [0.3, 0.4) is 0 Å². The fraction of sp³-hybridized carbons (Fsp3) is 0.833. The molecular formula is C12H30N2Zn2. The van der Waals surface area contributed by atoms with E-state index in [1.54, 1.807) is 13.8 Å². The van der Waals surface area contributed by atoms with Crippen LogP contribution in [0.2, 0.25) is 0 Å². The summed E-state index contributed by atoms with van der Waals surface area (Å²) in [6.07, 6.45) is 4.42. The summed E-state index contributed by atoms with van der Waals surface area (Å²) < 4.78 is 0. The van der Waals surface area contributed by atoms with Crippen LogP contribution in [-0.4, -0.2) is 13.1 Å². The zero-order chi connectivity index (χ0) is 12.2. The summed E-state index contributed by atoms with van der Waals surface area (Å²) in [6.45, 7) is 15.4. The molecule has 16 heavy (non-hydrogen) atoms. The van der Waals surface area contributed by atoms with E-state index in [1.807, 2.05) is 0 Å². The van der Waals surface area contributed by atoms with Crippen LogP contribution >= 0.6 is 0 Å². The molecule has 0 amide bonds. The van der Waals surface area contributed by atoms with E-state index < -0.39 is 0 Å². The number of unbranched alkanes of at least 4 members (excludes halogenated alkanes) is 2.